The molecule has 0 aromatic carbocycles. The summed E-state index contributed by atoms with van der Waals surface area (Å²) in [5, 5.41) is 0. The van der Waals surface area contributed by atoms with E-state index < -0.39 is 0 Å². The Labute approximate surface area is 113 Å². The number of pyridine rings is 1. The van der Waals surface area contributed by atoms with Gasteiger partial charge in [-0.25, -0.2) is 9.97 Å². The average molecular weight is 254 g/mol. The monoisotopic (exact) mass is 254 g/mol. The number of hydrogen-bond donors (Lipinski definition) is 0. The van der Waals surface area contributed by atoms with Crippen LogP contribution in [0.15, 0.2) is 24.4 Å². The molecule has 3 heterocycles. The average Bonchev–Trinajstić information content (AvgIpc) is 2.39. The molecule has 2 aromatic rings. The predicted octanol–water partition coefficient (Wildman–Crippen LogP) is 2.05. The van der Waals surface area contributed by atoms with Crippen molar-refractivity contribution < 1.29 is 0 Å². The highest BCUT2D eigenvalue weighted by Gasteiger charge is 2.18. The van der Waals surface area contributed by atoms with Crippen LogP contribution in [0.4, 0.5) is 0 Å². The number of rotatable bonds is 2. The normalized spacial score (nSPS) is 15.3. The highest BCUT2D eigenvalue weighted by molar-refractivity contribution is 5.20. The van der Waals surface area contributed by atoms with Crippen molar-refractivity contribution in [2.24, 2.45) is 0 Å². The number of hydrogen-bond acceptors (Lipinski definition) is 4. The Morgan fingerprint density at radius 3 is 2.95 bits per heavy atom. The molecule has 0 aliphatic carbocycles. The Morgan fingerprint density at radius 1 is 1.21 bits per heavy atom. The molecule has 0 bridgehead atoms. The number of nitrogens with zero attached hydrogens (tertiary/aromatic N) is 4. The van der Waals surface area contributed by atoms with Gasteiger partial charge in [0.05, 0.1) is 5.69 Å². The highest BCUT2D eigenvalue weighted by atomic mass is 15.1. The van der Waals surface area contributed by atoms with Crippen molar-refractivity contribution in [2.75, 3.05) is 6.54 Å². The van der Waals surface area contributed by atoms with Crippen LogP contribution < -0.4 is 0 Å². The first kappa shape index (κ1) is 12.2. The summed E-state index contributed by atoms with van der Waals surface area (Å²) in [6.45, 7) is 6.84. The molecule has 98 valence electrons. The van der Waals surface area contributed by atoms with Crippen molar-refractivity contribution in [2.45, 2.75) is 33.4 Å². The standard InChI is InChI=1S/C15H18N4/c1-11-4-3-5-14(17-11)10-19-7-6-15-13(9-19)8-16-12(2)18-15/h3-5,8H,6-7,9-10H2,1-2H3. The van der Waals surface area contributed by atoms with Gasteiger partial charge >= 0.3 is 0 Å². The van der Waals surface area contributed by atoms with Crippen LogP contribution in [0.3, 0.4) is 0 Å². The van der Waals surface area contributed by atoms with Gasteiger partial charge in [0.2, 0.25) is 0 Å². The van der Waals surface area contributed by atoms with Gasteiger partial charge in [-0.1, -0.05) is 6.07 Å². The maximum Gasteiger partial charge on any atom is 0.125 e. The van der Waals surface area contributed by atoms with Crippen LogP contribution in [-0.4, -0.2) is 26.4 Å². The zero-order valence-electron chi connectivity index (χ0n) is 11.4. The minimum absolute atomic E-state index is 0.868. The summed E-state index contributed by atoms with van der Waals surface area (Å²) in [5.74, 6) is 0.868. The summed E-state index contributed by atoms with van der Waals surface area (Å²) in [6, 6.07) is 6.20. The summed E-state index contributed by atoms with van der Waals surface area (Å²) < 4.78 is 0. The SMILES string of the molecule is Cc1cccc(CN2CCc3nc(C)ncc3C2)n1. The summed E-state index contributed by atoms with van der Waals surface area (Å²) in [4.78, 5) is 15.8. The molecule has 0 radical (unpaired) electrons. The fourth-order valence-corrected chi connectivity index (χ4v) is 2.53. The van der Waals surface area contributed by atoms with Gasteiger partial charge in [-0.3, -0.25) is 9.88 Å². The smallest absolute Gasteiger partial charge is 0.125 e. The molecule has 0 unspecified atom stereocenters. The second kappa shape index (κ2) is 5.05. The summed E-state index contributed by atoms with van der Waals surface area (Å²) in [7, 11) is 0. The summed E-state index contributed by atoms with van der Waals surface area (Å²) >= 11 is 0. The third kappa shape index (κ3) is 2.79. The molecule has 2 aromatic heterocycles. The van der Waals surface area contributed by atoms with Gasteiger partial charge in [-0.15, -0.1) is 0 Å². The largest absolute Gasteiger partial charge is 0.293 e. The first-order chi connectivity index (χ1) is 9.20. The first-order valence-electron chi connectivity index (χ1n) is 6.67. The zero-order chi connectivity index (χ0) is 13.2. The molecule has 3 rings (SSSR count). The van der Waals surface area contributed by atoms with E-state index in [4.69, 9.17) is 0 Å². The Hall–Kier alpha value is -1.81. The summed E-state index contributed by atoms with van der Waals surface area (Å²) in [5.41, 5.74) is 4.68. The molecule has 0 N–H and O–H groups in total. The quantitative estimate of drug-likeness (QED) is 0.822. The van der Waals surface area contributed by atoms with Crippen molar-refractivity contribution in [1.29, 1.82) is 0 Å². The molecule has 4 nitrogen and oxygen atoms in total. The van der Waals surface area contributed by atoms with Gasteiger partial charge in [0.25, 0.3) is 0 Å². The fourth-order valence-electron chi connectivity index (χ4n) is 2.53. The molecule has 0 amide bonds. The van der Waals surface area contributed by atoms with Crippen LogP contribution in [-0.2, 0) is 19.5 Å². The maximum atomic E-state index is 4.56. The van der Waals surface area contributed by atoms with E-state index in [1.54, 1.807) is 0 Å². The van der Waals surface area contributed by atoms with Crippen LogP contribution in [0.2, 0.25) is 0 Å². The van der Waals surface area contributed by atoms with Crippen molar-refractivity contribution in [3.63, 3.8) is 0 Å². The van der Waals surface area contributed by atoms with Crippen LogP contribution in [0.5, 0.6) is 0 Å². The molecule has 19 heavy (non-hydrogen) atoms. The fraction of sp³-hybridized carbons (Fsp3) is 0.400. The van der Waals surface area contributed by atoms with Crippen molar-refractivity contribution >= 4 is 0 Å². The third-order valence-electron chi connectivity index (χ3n) is 3.47. The van der Waals surface area contributed by atoms with Crippen LogP contribution in [0, 0.1) is 13.8 Å². The number of aromatic nitrogens is 3. The van der Waals surface area contributed by atoms with E-state index in [9.17, 15) is 0 Å². The zero-order valence-corrected chi connectivity index (χ0v) is 11.4. The molecule has 0 atom stereocenters. The topological polar surface area (TPSA) is 41.9 Å². The van der Waals surface area contributed by atoms with Gasteiger partial charge in [-0.05, 0) is 26.0 Å². The van der Waals surface area contributed by atoms with E-state index in [2.05, 4.69) is 32.0 Å². The van der Waals surface area contributed by atoms with Crippen molar-refractivity contribution in [3.8, 4) is 0 Å². The Bertz CT molecular complexity index is 594. The van der Waals surface area contributed by atoms with Crippen LogP contribution in [0.1, 0.15) is 28.5 Å². The minimum Gasteiger partial charge on any atom is -0.293 e. The minimum atomic E-state index is 0.868. The highest BCUT2D eigenvalue weighted by Crippen LogP contribution is 2.18. The number of fused-ring (bicyclic) bond motifs is 1. The second-order valence-corrected chi connectivity index (χ2v) is 5.12. The number of aryl methyl sites for hydroxylation is 2. The molecule has 0 fully saturated rings. The van der Waals surface area contributed by atoms with Crippen LogP contribution in [0.25, 0.3) is 0 Å². The Kier molecular flexibility index (Phi) is 3.25. The molecule has 0 saturated carbocycles. The van der Waals surface area contributed by atoms with E-state index in [-0.39, 0.29) is 0 Å². The van der Waals surface area contributed by atoms with Crippen molar-refractivity contribution in [1.82, 2.24) is 19.9 Å². The van der Waals surface area contributed by atoms with Gasteiger partial charge < -0.3 is 0 Å². The van der Waals surface area contributed by atoms with Gasteiger partial charge in [0.15, 0.2) is 0 Å². The molecule has 0 saturated heterocycles. The lowest BCUT2D eigenvalue weighted by Crippen LogP contribution is -2.31. The van der Waals surface area contributed by atoms with Gasteiger partial charge in [0.1, 0.15) is 5.82 Å². The van der Waals surface area contributed by atoms with E-state index in [0.29, 0.717) is 0 Å². The second-order valence-electron chi connectivity index (χ2n) is 5.12. The molecule has 1 aliphatic rings. The molecule has 0 spiro atoms. The van der Waals surface area contributed by atoms with E-state index in [1.807, 2.05) is 26.1 Å². The lowest BCUT2D eigenvalue weighted by molar-refractivity contribution is 0.239. The maximum absolute atomic E-state index is 4.56. The lowest BCUT2D eigenvalue weighted by atomic mass is 10.1. The van der Waals surface area contributed by atoms with Gasteiger partial charge in [0, 0.05) is 49.2 Å². The molecular formula is C15H18N4. The van der Waals surface area contributed by atoms with Gasteiger partial charge in [-0.2, -0.15) is 0 Å². The molecular weight excluding hydrogens is 236 g/mol. The van der Waals surface area contributed by atoms with E-state index >= 15 is 0 Å². The predicted molar refractivity (Wildman–Crippen MR) is 73.6 cm³/mol. The third-order valence-corrected chi connectivity index (χ3v) is 3.47. The molecule has 4 heteroatoms. The Balaban J connectivity index is 1.74. The first-order valence-corrected chi connectivity index (χ1v) is 6.67. The summed E-state index contributed by atoms with van der Waals surface area (Å²) in [6.07, 6.45) is 2.97. The molecule has 1 aliphatic heterocycles. The van der Waals surface area contributed by atoms with E-state index in [1.165, 1.54) is 11.3 Å². The van der Waals surface area contributed by atoms with E-state index in [0.717, 1.165) is 43.3 Å². The van der Waals surface area contributed by atoms with Crippen molar-refractivity contribution in [3.05, 3.63) is 52.9 Å². The lowest BCUT2D eigenvalue weighted by Gasteiger charge is -2.27. The van der Waals surface area contributed by atoms with Crippen LogP contribution >= 0.6 is 0 Å². The Morgan fingerprint density at radius 2 is 2.11 bits per heavy atom.